The SMILES string of the molecule is O=C(c1csc(NCc2ccccc2Cl)n1)N1CCO[C@H](c2ccccc2)C1. The largest absolute Gasteiger partial charge is 0.370 e. The van der Waals surface area contributed by atoms with Crippen LogP contribution in [0.4, 0.5) is 5.13 Å². The van der Waals surface area contributed by atoms with Gasteiger partial charge in [0.1, 0.15) is 11.8 Å². The van der Waals surface area contributed by atoms with Gasteiger partial charge in [-0.1, -0.05) is 60.1 Å². The zero-order valence-corrected chi connectivity index (χ0v) is 16.7. The Labute approximate surface area is 172 Å². The van der Waals surface area contributed by atoms with E-state index in [9.17, 15) is 4.79 Å². The third kappa shape index (κ3) is 4.35. The molecule has 1 aromatic heterocycles. The number of carbonyl (C=O) groups is 1. The highest BCUT2D eigenvalue weighted by molar-refractivity contribution is 7.13. The number of hydrogen-bond acceptors (Lipinski definition) is 5. The van der Waals surface area contributed by atoms with Crippen LogP contribution in [0.2, 0.25) is 5.02 Å². The predicted octanol–water partition coefficient (Wildman–Crippen LogP) is 4.62. The molecule has 5 nitrogen and oxygen atoms in total. The van der Waals surface area contributed by atoms with Crippen molar-refractivity contribution in [1.29, 1.82) is 0 Å². The Hall–Kier alpha value is -2.41. The van der Waals surface area contributed by atoms with Crippen LogP contribution in [0.25, 0.3) is 0 Å². The molecule has 1 fully saturated rings. The Balaban J connectivity index is 1.39. The molecule has 1 amide bonds. The molecule has 144 valence electrons. The van der Waals surface area contributed by atoms with Crippen molar-refractivity contribution in [2.75, 3.05) is 25.0 Å². The predicted molar refractivity (Wildman–Crippen MR) is 112 cm³/mol. The van der Waals surface area contributed by atoms with Gasteiger partial charge in [0.25, 0.3) is 5.91 Å². The molecule has 7 heteroatoms. The number of hydrogen-bond donors (Lipinski definition) is 1. The number of anilines is 1. The van der Waals surface area contributed by atoms with E-state index in [2.05, 4.69) is 10.3 Å². The molecule has 1 N–H and O–H groups in total. The summed E-state index contributed by atoms with van der Waals surface area (Å²) in [5, 5.41) is 6.45. The van der Waals surface area contributed by atoms with E-state index >= 15 is 0 Å². The first-order valence-electron chi connectivity index (χ1n) is 9.09. The highest BCUT2D eigenvalue weighted by Gasteiger charge is 2.27. The van der Waals surface area contributed by atoms with Gasteiger partial charge in [-0.15, -0.1) is 11.3 Å². The van der Waals surface area contributed by atoms with Gasteiger partial charge in [0.15, 0.2) is 5.13 Å². The fourth-order valence-corrected chi connectivity index (χ4v) is 4.02. The minimum Gasteiger partial charge on any atom is -0.370 e. The fraction of sp³-hybridized carbons (Fsp3) is 0.238. The smallest absolute Gasteiger partial charge is 0.273 e. The molecule has 0 spiro atoms. The summed E-state index contributed by atoms with van der Waals surface area (Å²) < 4.78 is 5.85. The molecule has 1 aliphatic rings. The van der Waals surface area contributed by atoms with Crippen LogP contribution in [0.5, 0.6) is 0 Å². The molecule has 2 aromatic carbocycles. The Kier molecular flexibility index (Phi) is 5.90. The lowest BCUT2D eigenvalue weighted by Crippen LogP contribution is -2.42. The molecule has 28 heavy (non-hydrogen) atoms. The zero-order valence-electron chi connectivity index (χ0n) is 15.2. The molecule has 1 aliphatic heterocycles. The van der Waals surface area contributed by atoms with Crippen molar-refractivity contribution in [2.24, 2.45) is 0 Å². The highest BCUT2D eigenvalue weighted by atomic mass is 35.5. The van der Waals surface area contributed by atoms with Gasteiger partial charge in [0, 0.05) is 23.5 Å². The molecule has 1 atom stereocenters. The molecule has 0 radical (unpaired) electrons. The lowest BCUT2D eigenvalue weighted by atomic mass is 10.1. The number of halogens is 1. The van der Waals surface area contributed by atoms with Crippen molar-refractivity contribution in [3.63, 3.8) is 0 Å². The van der Waals surface area contributed by atoms with Gasteiger partial charge in [-0.05, 0) is 17.2 Å². The number of amides is 1. The van der Waals surface area contributed by atoms with Crippen LogP contribution in [0.1, 0.15) is 27.7 Å². The van der Waals surface area contributed by atoms with Crippen LogP contribution in [0.3, 0.4) is 0 Å². The number of rotatable bonds is 5. The number of carbonyl (C=O) groups excluding carboxylic acids is 1. The van der Waals surface area contributed by atoms with Gasteiger partial charge in [-0.25, -0.2) is 4.98 Å². The third-order valence-electron chi connectivity index (χ3n) is 4.64. The first kappa shape index (κ1) is 18.9. The average Bonchev–Trinajstić information content (AvgIpc) is 3.22. The number of aromatic nitrogens is 1. The van der Waals surface area contributed by atoms with Crippen molar-refractivity contribution in [3.05, 3.63) is 81.8 Å². The van der Waals surface area contributed by atoms with E-state index in [1.807, 2.05) is 59.5 Å². The number of ether oxygens (including phenoxy) is 1. The van der Waals surface area contributed by atoms with E-state index < -0.39 is 0 Å². The highest BCUT2D eigenvalue weighted by Crippen LogP contribution is 2.25. The van der Waals surface area contributed by atoms with Crippen LogP contribution >= 0.6 is 22.9 Å². The van der Waals surface area contributed by atoms with Gasteiger partial charge in [-0.3, -0.25) is 4.79 Å². The molecular weight excluding hydrogens is 394 g/mol. The zero-order chi connectivity index (χ0) is 19.3. The second-order valence-corrected chi connectivity index (χ2v) is 7.77. The summed E-state index contributed by atoms with van der Waals surface area (Å²) in [5.41, 5.74) is 2.53. The summed E-state index contributed by atoms with van der Waals surface area (Å²) in [4.78, 5) is 19.2. The molecule has 3 aromatic rings. The van der Waals surface area contributed by atoms with Crippen molar-refractivity contribution in [3.8, 4) is 0 Å². The van der Waals surface area contributed by atoms with Crippen LogP contribution in [-0.4, -0.2) is 35.5 Å². The quantitative estimate of drug-likeness (QED) is 0.663. The number of thiazole rings is 1. The molecule has 4 rings (SSSR count). The summed E-state index contributed by atoms with van der Waals surface area (Å²) in [6.45, 7) is 2.19. The fourth-order valence-electron chi connectivity index (χ4n) is 3.13. The Morgan fingerprint density at radius 2 is 2.00 bits per heavy atom. The number of nitrogens with one attached hydrogen (secondary N) is 1. The van der Waals surface area contributed by atoms with Crippen molar-refractivity contribution in [2.45, 2.75) is 12.6 Å². The average molecular weight is 414 g/mol. The van der Waals surface area contributed by atoms with Crippen LogP contribution in [0.15, 0.2) is 60.0 Å². The molecule has 0 aliphatic carbocycles. The van der Waals surface area contributed by atoms with Crippen LogP contribution < -0.4 is 5.32 Å². The van der Waals surface area contributed by atoms with E-state index in [-0.39, 0.29) is 12.0 Å². The van der Waals surface area contributed by atoms with E-state index in [0.717, 1.165) is 11.1 Å². The van der Waals surface area contributed by atoms with Crippen LogP contribution in [0, 0.1) is 0 Å². The number of nitrogens with zero attached hydrogens (tertiary/aromatic N) is 2. The van der Waals surface area contributed by atoms with E-state index in [0.29, 0.717) is 42.1 Å². The first-order valence-corrected chi connectivity index (χ1v) is 10.3. The van der Waals surface area contributed by atoms with Gasteiger partial charge in [-0.2, -0.15) is 0 Å². The third-order valence-corrected chi connectivity index (χ3v) is 5.80. The van der Waals surface area contributed by atoms with Gasteiger partial charge in [0.05, 0.1) is 13.2 Å². The lowest BCUT2D eigenvalue weighted by Gasteiger charge is -2.32. The Morgan fingerprint density at radius 1 is 1.21 bits per heavy atom. The maximum absolute atomic E-state index is 12.9. The van der Waals surface area contributed by atoms with Crippen LogP contribution in [-0.2, 0) is 11.3 Å². The molecule has 2 heterocycles. The number of morpholine rings is 1. The minimum atomic E-state index is -0.102. The van der Waals surface area contributed by atoms with Gasteiger partial charge < -0.3 is 15.0 Å². The van der Waals surface area contributed by atoms with E-state index in [1.54, 1.807) is 5.38 Å². The Morgan fingerprint density at radius 3 is 2.82 bits per heavy atom. The van der Waals surface area contributed by atoms with E-state index in [1.165, 1.54) is 11.3 Å². The second kappa shape index (κ2) is 8.73. The van der Waals surface area contributed by atoms with Crippen molar-refractivity contribution in [1.82, 2.24) is 9.88 Å². The minimum absolute atomic E-state index is 0.0636. The van der Waals surface area contributed by atoms with Gasteiger partial charge in [0.2, 0.25) is 0 Å². The van der Waals surface area contributed by atoms with E-state index in [4.69, 9.17) is 16.3 Å². The Bertz CT molecular complexity index is 948. The molecule has 0 saturated carbocycles. The topological polar surface area (TPSA) is 54.5 Å². The lowest BCUT2D eigenvalue weighted by molar-refractivity contribution is -0.0229. The summed E-state index contributed by atoms with van der Waals surface area (Å²) in [6, 6.07) is 17.7. The summed E-state index contributed by atoms with van der Waals surface area (Å²) in [6.07, 6.45) is -0.102. The first-order chi connectivity index (χ1) is 13.7. The maximum Gasteiger partial charge on any atom is 0.273 e. The van der Waals surface area contributed by atoms with Crippen molar-refractivity contribution >= 4 is 34.0 Å². The summed E-state index contributed by atoms with van der Waals surface area (Å²) >= 11 is 7.60. The molecule has 1 saturated heterocycles. The second-order valence-electron chi connectivity index (χ2n) is 6.50. The van der Waals surface area contributed by atoms with Crippen molar-refractivity contribution < 1.29 is 9.53 Å². The standard InChI is InChI=1S/C21H20ClN3O2S/c22-17-9-5-4-8-16(17)12-23-21-24-18(14-28-21)20(26)25-10-11-27-19(13-25)15-6-2-1-3-7-15/h1-9,14,19H,10-13H2,(H,23,24)/t19-/m0/s1. The summed E-state index contributed by atoms with van der Waals surface area (Å²) in [5.74, 6) is -0.0636. The molecule has 0 bridgehead atoms. The maximum atomic E-state index is 12.9. The molecular formula is C21H20ClN3O2S. The normalized spacial score (nSPS) is 16.8. The van der Waals surface area contributed by atoms with Gasteiger partial charge >= 0.3 is 0 Å². The summed E-state index contributed by atoms with van der Waals surface area (Å²) in [7, 11) is 0. The molecule has 0 unspecified atom stereocenters. The monoisotopic (exact) mass is 413 g/mol. The number of benzene rings is 2.